The first-order valence-electron chi connectivity index (χ1n) is 4.74. The van der Waals surface area contributed by atoms with Crippen LogP contribution in [-0.2, 0) is 6.54 Å². The Balaban J connectivity index is 2.50. The molecule has 0 aliphatic heterocycles. The van der Waals surface area contributed by atoms with Crippen LogP contribution in [-0.4, -0.2) is 14.7 Å². The number of halogens is 1. The van der Waals surface area contributed by atoms with Crippen molar-refractivity contribution in [1.82, 2.24) is 9.55 Å². The first-order chi connectivity index (χ1) is 7.99. The van der Waals surface area contributed by atoms with Gasteiger partial charge in [-0.3, -0.25) is 14.3 Å². The molecule has 2 rings (SSSR count). The molecule has 0 radical (unpaired) electrons. The summed E-state index contributed by atoms with van der Waals surface area (Å²) in [5, 5.41) is 11.6. The van der Waals surface area contributed by atoms with Gasteiger partial charge in [0.25, 0.3) is 5.56 Å². The molecule has 0 atom stereocenters. The van der Waals surface area contributed by atoms with Gasteiger partial charge in [0.15, 0.2) is 0 Å². The van der Waals surface area contributed by atoms with E-state index in [1.807, 2.05) is 11.4 Å². The fourth-order valence-corrected chi connectivity index (χ4v) is 2.84. The van der Waals surface area contributed by atoms with Gasteiger partial charge in [-0.1, -0.05) is 0 Å². The largest absolute Gasteiger partial charge is 0.494 e. The molecule has 0 saturated heterocycles. The SMILES string of the molecule is Cc1c(O)n(Cc2cc(Br)cs2)c(=O)[nH]c1=O. The molecule has 0 fully saturated rings. The summed E-state index contributed by atoms with van der Waals surface area (Å²) in [4.78, 5) is 25.9. The van der Waals surface area contributed by atoms with E-state index in [1.54, 1.807) is 0 Å². The number of nitrogens with zero attached hydrogens (tertiary/aromatic N) is 1. The van der Waals surface area contributed by atoms with E-state index in [1.165, 1.54) is 18.3 Å². The van der Waals surface area contributed by atoms with Crippen molar-refractivity contribution >= 4 is 27.3 Å². The molecule has 0 amide bonds. The molecule has 0 aliphatic rings. The van der Waals surface area contributed by atoms with Gasteiger partial charge in [0, 0.05) is 14.7 Å². The van der Waals surface area contributed by atoms with Crippen LogP contribution in [0.3, 0.4) is 0 Å². The summed E-state index contributed by atoms with van der Waals surface area (Å²) >= 11 is 4.77. The van der Waals surface area contributed by atoms with Gasteiger partial charge in [-0.2, -0.15) is 0 Å². The van der Waals surface area contributed by atoms with Crippen LogP contribution in [0.15, 0.2) is 25.5 Å². The van der Waals surface area contributed by atoms with Gasteiger partial charge in [-0.05, 0) is 28.9 Å². The summed E-state index contributed by atoms with van der Waals surface area (Å²) in [5.74, 6) is -0.289. The van der Waals surface area contributed by atoms with Crippen molar-refractivity contribution < 1.29 is 5.11 Å². The van der Waals surface area contributed by atoms with Gasteiger partial charge >= 0.3 is 5.69 Å². The van der Waals surface area contributed by atoms with E-state index >= 15 is 0 Å². The highest BCUT2D eigenvalue weighted by atomic mass is 79.9. The van der Waals surface area contributed by atoms with E-state index in [4.69, 9.17) is 0 Å². The van der Waals surface area contributed by atoms with Gasteiger partial charge in [0.05, 0.1) is 12.1 Å². The average molecular weight is 317 g/mol. The molecule has 0 saturated carbocycles. The highest BCUT2D eigenvalue weighted by Crippen LogP contribution is 2.21. The molecular formula is C10H9BrN2O3S. The van der Waals surface area contributed by atoms with Crippen molar-refractivity contribution in [3.05, 3.63) is 47.2 Å². The van der Waals surface area contributed by atoms with E-state index in [2.05, 4.69) is 20.9 Å². The van der Waals surface area contributed by atoms with Crippen molar-refractivity contribution in [2.75, 3.05) is 0 Å². The number of rotatable bonds is 2. The highest BCUT2D eigenvalue weighted by molar-refractivity contribution is 9.10. The van der Waals surface area contributed by atoms with Crippen LogP contribution in [0.5, 0.6) is 5.88 Å². The number of thiophene rings is 1. The molecule has 90 valence electrons. The minimum absolute atomic E-state index is 0.139. The van der Waals surface area contributed by atoms with Crippen LogP contribution in [0.4, 0.5) is 0 Å². The number of aromatic nitrogens is 2. The summed E-state index contributed by atoms with van der Waals surface area (Å²) in [6.45, 7) is 1.70. The van der Waals surface area contributed by atoms with E-state index in [9.17, 15) is 14.7 Å². The van der Waals surface area contributed by atoms with Gasteiger partial charge in [-0.25, -0.2) is 4.79 Å². The second kappa shape index (κ2) is 4.50. The van der Waals surface area contributed by atoms with Crippen LogP contribution < -0.4 is 11.2 Å². The third-order valence-corrected chi connectivity index (χ3v) is 4.02. The number of H-pyrrole nitrogens is 1. The lowest BCUT2D eigenvalue weighted by Gasteiger charge is -2.07. The topological polar surface area (TPSA) is 75.1 Å². The molecule has 0 aliphatic carbocycles. The van der Waals surface area contributed by atoms with Crippen molar-refractivity contribution in [2.24, 2.45) is 0 Å². The maximum absolute atomic E-state index is 11.6. The van der Waals surface area contributed by atoms with E-state index in [0.717, 1.165) is 13.9 Å². The maximum Gasteiger partial charge on any atom is 0.331 e. The molecule has 0 unspecified atom stereocenters. The minimum atomic E-state index is -0.609. The van der Waals surface area contributed by atoms with Crippen molar-refractivity contribution in [3.63, 3.8) is 0 Å². The van der Waals surface area contributed by atoms with Crippen molar-refractivity contribution in [1.29, 1.82) is 0 Å². The quantitative estimate of drug-likeness (QED) is 0.880. The molecule has 5 nitrogen and oxygen atoms in total. The Bertz CT molecular complexity index is 671. The zero-order chi connectivity index (χ0) is 12.6. The molecule has 2 N–H and O–H groups in total. The summed E-state index contributed by atoms with van der Waals surface area (Å²) in [6, 6.07) is 1.86. The Morgan fingerprint density at radius 2 is 2.24 bits per heavy atom. The first-order valence-corrected chi connectivity index (χ1v) is 6.42. The number of hydrogen-bond donors (Lipinski definition) is 2. The third kappa shape index (κ3) is 2.34. The Hall–Kier alpha value is -1.34. The zero-order valence-electron chi connectivity index (χ0n) is 8.86. The molecule has 0 bridgehead atoms. The minimum Gasteiger partial charge on any atom is -0.494 e. The normalized spacial score (nSPS) is 10.7. The van der Waals surface area contributed by atoms with Crippen molar-refractivity contribution in [2.45, 2.75) is 13.5 Å². The predicted molar refractivity (Wildman–Crippen MR) is 68.8 cm³/mol. The average Bonchev–Trinajstić information content (AvgIpc) is 2.67. The van der Waals surface area contributed by atoms with Crippen LogP contribution in [0.1, 0.15) is 10.4 Å². The third-order valence-electron chi connectivity index (χ3n) is 2.33. The number of aromatic amines is 1. The van der Waals surface area contributed by atoms with Gasteiger partial charge in [-0.15, -0.1) is 11.3 Å². The molecule has 2 aromatic rings. The highest BCUT2D eigenvalue weighted by Gasteiger charge is 2.11. The Labute approximate surface area is 108 Å². The van der Waals surface area contributed by atoms with E-state index in [0.29, 0.717) is 0 Å². The lowest BCUT2D eigenvalue weighted by molar-refractivity contribution is 0.405. The predicted octanol–water partition coefficient (Wildman–Crippen LogP) is 1.42. The zero-order valence-corrected chi connectivity index (χ0v) is 11.3. The van der Waals surface area contributed by atoms with Crippen LogP contribution in [0.25, 0.3) is 0 Å². The first kappa shape index (κ1) is 12.1. The van der Waals surface area contributed by atoms with E-state index in [-0.39, 0.29) is 18.0 Å². The van der Waals surface area contributed by atoms with Gasteiger partial charge in [0.2, 0.25) is 5.88 Å². The lowest BCUT2D eigenvalue weighted by atomic mass is 10.3. The van der Waals surface area contributed by atoms with Crippen LogP contribution in [0, 0.1) is 6.92 Å². The van der Waals surface area contributed by atoms with Crippen LogP contribution in [0.2, 0.25) is 0 Å². The standard InChI is InChI=1S/C10H9BrN2O3S/c1-5-8(14)12-10(16)13(9(5)15)3-7-2-6(11)4-17-7/h2,4,15H,3H2,1H3,(H,12,14,16). The molecule has 2 heterocycles. The summed E-state index contributed by atoms with van der Waals surface area (Å²) in [5.41, 5.74) is -1.03. The fraction of sp³-hybridized carbons (Fsp3) is 0.200. The Kier molecular flexibility index (Phi) is 3.21. The number of aromatic hydroxyl groups is 1. The molecular weight excluding hydrogens is 308 g/mol. The van der Waals surface area contributed by atoms with Gasteiger partial charge in [0.1, 0.15) is 0 Å². The second-order valence-electron chi connectivity index (χ2n) is 3.53. The Morgan fingerprint density at radius 1 is 1.53 bits per heavy atom. The maximum atomic E-state index is 11.6. The molecule has 7 heteroatoms. The summed E-state index contributed by atoms with van der Waals surface area (Å²) < 4.78 is 2.06. The Morgan fingerprint density at radius 3 is 2.82 bits per heavy atom. The van der Waals surface area contributed by atoms with Crippen LogP contribution >= 0.6 is 27.3 Å². The van der Waals surface area contributed by atoms with E-state index < -0.39 is 11.2 Å². The second-order valence-corrected chi connectivity index (χ2v) is 5.44. The monoisotopic (exact) mass is 316 g/mol. The lowest BCUT2D eigenvalue weighted by Crippen LogP contribution is -2.31. The smallest absolute Gasteiger partial charge is 0.331 e. The van der Waals surface area contributed by atoms with Gasteiger partial charge < -0.3 is 5.11 Å². The molecule has 0 spiro atoms. The molecule has 0 aromatic carbocycles. The number of nitrogens with one attached hydrogen (secondary N) is 1. The van der Waals surface area contributed by atoms with Crippen molar-refractivity contribution in [3.8, 4) is 5.88 Å². The fourth-order valence-electron chi connectivity index (χ4n) is 1.40. The summed E-state index contributed by atoms with van der Waals surface area (Å²) in [7, 11) is 0. The molecule has 2 aromatic heterocycles. The number of hydrogen-bond acceptors (Lipinski definition) is 4. The molecule has 17 heavy (non-hydrogen) atoms. The summed E-state index contributed by atoms with van der Waals surface area (Å²) in [6.07, 6.45) is 0.